The lowest BCUT2D eigenvalue weighted by molar-refractivity contribution is 0.0697. The highest BCUT2D eigenvalue weighted by atomic mass is 35.5. The highest BCUT2D eigenvalue weighted by Crippen LogP contribution is 2.21. The molecule has 0 spiro atoms. The van der Waals surface area contributed by atoms with Crippen LogP contribution in [-0.4, -0.2) is 21.0 Å². The minimum absolute atomic E-state index is 0.101. The second-order valence-electron chi connectivity index (χ2n) is 3.27. The van der Waals surface area contributed by atoms with Crippen molar-refractivity contribution in [2.75, 3.05) is 0 Å². The van der Waals surface area contributed by atoms with Gasteiger partial charge in [-0.15, -0.1) is 0 Å². The third-order valence-electron chi connectivity index (χ3n) is 2.16. The molecule has 2 aromatic heterocycles. The Balaban J connectivity index is 2.72. The van der Waals surface area contributed by atoms with Crippen molar-refractivity contribution >= 4 is 17.6 Å². The molecule has 0 aliphatic rings. The number of nitrogens with zero attached hydrogens (tertiary/aromatic N) is 1. The van der Waals surface area contributed by atoms with E-state index in [1.54, 1.807) is 6.07 Å². The van der Waals surface area contributed by atoms with E-state index in [1.165, 1.54) is 24.5 Å². The summed E-state index contributed by atoms with van der Waals surface area (Å²) in [7, 11) is 0. The summed E-state index contributed by atoms with van der Waals surface area (Å²) in [5.41, 5.74) is -0.204. The van der Waals surface area contributed by atoms with Crippen molar-refractivity contribution in [2.45, 2.75) is 0 Å². The normalized spacial score (nSPS) is 10.2. The molecule has 0 aromatic carbocycles. The van der Waals surface area contributed by atoms with Gasteiger partial charge in [-0.2, -0.15) is 0 Å². The predicted octanol–water partition coefficient (Wildman–Crippen LogP) is 1.79. The number of aromatic nitrogens is 2. The Labute approximate surface area is 101 Å². The number of halogens is 1. The molecule has 0 amide bonds. The number of carbonyl (C=O) groups is 1. The SMILES string of the molecule is O=C(O)c1cc(Cl)cnc1-c1ccc[nH]c1=O. The maximum Gasteiger partial charge on any atom is 0.337 e. The first-order chi connectivity index (χ1) is 8.09. The van der Waals surface area contributed by atoms with Gasteiger partial charge in [-0.3, -0.25) is 9.78 Å². The Bertz CT molecular complexity index is 637. The topological polar surface area (TPSA) is 83.0 Å². The van der Waals surface area contributed by atoms with E-state index in [4.69, 9.17) is 16.7 Å². The zero-order valence-electron chi connectivity index (χ0n) is 8.48. The van der Waals surface area contributed by atoms with E-state index in [-0.39, 0.29) is 21.8 Å². The number of H-pyrrole nitrogens is 1. The molecule has 6 heteroatoms. The molecule has 17 heavy (non-hydrogen) atoms. The molecule has 2 heterocycles. The van der Waals surface area contributed by atoms with Crippen LogP contribution in [0.25, 0.3) is 11.3 Å². The molecular formula is C11H7ClN2O3. The largest absolute Gasteiger partial charge is 0.478 e. The van der Waals surface area contributed by atoms with Gasteiger partial charge in [-0.1, -0.05) is 11.6 Å². The third kappa shape index (κ3) is 2.19. The number of pyridine rings is 2. The number of hydrogen-bond acceptors (Lipinski definition) is 3. The highest BCUT2D eigenvalue weighted by Gasteiger charge is 2.15. The molecule has 0 fully saturated rings. The lowest BCUT2D eigenvalue weighted by Crippen LogP contribution is -2.11. The smallest absolute Gasteiger partial charge is 0.337 e. The average Bonchev–Trinajstić information content (AvgIpc) is 2.30. The molecule has 0 unspecified atom stereocenters. The summed E-state index contributed by atoms with van der Waals surface area (Å²) >= 11 is 5.68. The van der Waals surface area contributed by atoms with Crippen LogP contribution in [0.3, 0.4) is 0 Å². The minimum Gasteiger partial charge on any atom is -0.478 e. The van der Waals surface area contributed by atoms with E-state index in [1.807, 2.05) is 0 Å². The first kappa shape index (κ1) is 11.3. The van der Waals surface area contributed by atoms with E-state index in [0.717, 1.165) is 0 Å². The number of nitrogens with one attached hydrogen (secondary N) is 1. The second-order valence-corrected chi connectivity index (χ2v) is 3.70. The molecular weight excluding hydrogens is 244 g/mol. The van der Waals surface area contributed by atoms with Gasteiger partial charge in [0.1, 0.15) is 0 Å². The van der Waals surface area contributed by atoms with Gasteiger partial charge in [-0.25, -0.2) is 4.79 Å². The van der Waals surface area contributed by atoms with Crippen LogP contribution in [0.15, 0.2) is 35.4 Å². The number of rotatable bonds is 2. The highest BCUT2D eigenvalue weighted by molar-refractivity contribution is 6.30. The molecule has 0 radical (unpaired) electrons. The zero-order chi connectivity index (χ0) is 12.4. The summed E-state index contributed by atoms with van der Waals surface area (Å²) in [5.74, 6) is -1.18. The fraction of sp³-hybridized carbons (Fsp3) is 0. The van der Waals surface area contributed by atoms with Crippen LogP contribution in [0, 0.1) is 0 Å². The van der Waals surface area contributed by atoms with Crippen LogP contribution in [0.1, 0.15) is 10.4 Å². The van der Waals surface area contributed by atoms with Crippen LogP contribution in [0.5, 0.6) is 0 Å². The molecule has 0 aliphatic carbocycles. The van der Waals surface area contributed by atoms with Crippen molar-refractivity contribution < 1.29 is 9.90 Å². The first-order valence-electron chi connectivity index (χ1n) is 4.66. The van der Waals surface area contributed by atoms with E-state index in [2.05, 4.69) is 9.97 Å². The number of aromatic amines is 1. The Morgan fingerprint density at radius 3 is 2.88 bits per heavy atom. The molecule has 0 aliphatic heterocycles. The third-order valence-corrected chi connectivity index (χ3v) is 2.36. The number of hydrogen-bond donors (Lipinski definition) is 2. The summed E-state index contributed by atoms with van der Waals surface area (Å²) in [5, 5.41) is 9.24. The monoisotopic (exact) mass is 250 g/mol. The maximum atomic E-state index is 11.6. The molecule has 0 saturated carbocycles. The van der Waals surface area contributed by atoms with Gasteiger partial charge < -0.3 is 10.1 Å². The predicted molar refractivity (Wildman–Crippen MR) is 62.3 cm³/mol. The van der Waals surface area contributed by atoms with Gasteiger partial charge >= 0.3 is 5.97 Å². The molecule has 0 saturated heterocycles. The van der Waals surface area contributed by atoms with E-state index in [9.17, 15) is 9.59 Å². The maximum absolute atomic E-state index is 11.6. The van der Waals surface area contributed by atoms with Gasteiger partial charge in [0.2, 0.25) is 0 Å². The summed E-state index contributed by atoms with van der Waals surface area (Å²) in [6, 6.07) is 4.36. The van der Waals surface area contributed by atoms with Crippen molar-refractivity contribution in [3.63, 3.8) is 0 Å². The van der Waals surface area contributed by atoms with Crippen molar-refractivity contribution in [3.05, 3.63) is 51.5 Å². The van der Waals surface area contributed by atoms with Gasteiger partial charge in [0.25, 0.3) is 5.56 Å². The van der Waals surface area contributed by atoms with Gasteiger partial charge in [0, 0.05) is 12.4 Å². The summed E-state index contributed by atoms with van der Waals surface area (Å²) in [6.45, 7) is 0. The average molecular weight is 251 g/mol. The zero-order valence-corrected chi connectivity index (χ0v) is 9.23. The van der Waals surface area contributed by atoms with Crippen molar-refractivity contribution in [2.24, 2.45) is 0 Å². The van der Waals surface area contributed by atoms with Crippen molar-refractivity contribution in [3.8, 4) is 11.3 Å². The van der Waals surface area contributed by atoms with E-state index < -0.39 is 11.5 Å². The summed E-state index contributed by atoms with van der Waals surface area (Å²) in [4.78, 5) is 29.0. The van der Waals surface area contributed by atoms with Crippen molar-refractivity contribution in [1.82, 2.24) is 9.97 Å². The quantitative estimate of drug-likeness (QED) is 0.851. The van der Waals surface area contributed by atoms with Crippen LogP contribution in [0.2, 0.25) is 5.02 Å². The summed E-state index contributed by atoms with van der Waals surface area (Å²) < 4.78 is 0. The van der Waals surface area contributed by atoms with Gasteiger partial charge in [0.05, 0.1) is 21.8 Å². The lowest BCUT2D eigenvalue weighted by atomic mass is 10.1. The number of aromatic carboxylic acids is 1. The second kappa shape index (κ2) is 4.39. The standard InChI is InChI=1S/C11H7ClN2O3/c12-6-4-8(11(16)17)9(14-5-6)7-2-1-3-13-10(7)15/h1-5H,(H,13,15)(H,16,17). The fourth-order valence-electron chi connectivity index (χ4n) is 1.42. The Morgan fingerprint density at radius 1 is 1.47 bits per heavy atom. The van der Waals surface area contributed by atoms with Crippen molar-refractivity contribution in [1.29, 1.82) is 0 Å². The van der Waals surface area contributed by atoms with E-state index in [0.29, 0.717) is 0 Å². The molecule has 0 bridgehead atoms. The Kier molecular flexibility index (Phi) is 2.93. The molecule has 86 valence electrons. The number of carboxylic acids is 1. The fourth-order valence-corrected chi connectivity index (χ4v) is 1.58. The molecule has 2 aromatic rings. The molecule has 2 rings (SSSR count). The van der Waals surface area contributed by atoms with Gasteiger partial charge in [-0.05, 0) is 18.2 Å². The molecule has 0 atom stereocenters. The van der Waals surface area contributed by atoms with Crippen LogP contribution < -0.4 is 5.56 Å². The van der Waals surface area contributed by atoms with Crippen LogP contribution in [0.4, 0.5) is 0 Å². The molecule has 2 N–H and O–H groups in total. The van der Waals surface area contributed by atoms with Gasteiger partial charge in [0.15, 0.2) is 0 Å². The lowest BCUT2D eigenvalue weighted by Gasteiger charge is -2.04. The Morgan fingerprint density at radius 2 is 2.24 bits per heavy atom. The summed E-state index contributed by atoms with van der Waals surface area (Å²) in [6.07, 6.45) is 2.76. The number of carboxylic acid groups (broad SMARTS) is 1. The molecule has 5 nitrogen and oxygen atoms in total. The first-order valence-corrected chi connectivity index (χ1v) is 5.04. The Hall–Kier alpha value is -2.14. The minimum atomic E-state index is -1.18. The van der Waals surface area contributed by atoms with E-state index >= 15 is 0 Å². The van der Waals surface area contributed by atoms with Crippen LogP contribution in [-0.2, 0) is 0 Å². The van der Waals surface area contributed by atoms with Crippen LogP contribution >= 0.6 is 11.6 Å².